The molecule has 0 spiro atoms. The molecule has 0 bridgehead atoms. The minimum atomic E-state index is -0.0252. The number of amides is 1. The molecule has 4 rings (SSSR count). The molecule has 182 valence electrons. The first-order chi connectivity index (χ1) is 16.9. The second kappa shape index (κ2) is 10.7. The van der Waals surface area contributed by atoms with Crippen molar-refractivity contribution in [3.05, 3.63) is 94.7 Å². The molecule has 1 amide bonds. The molecule has 5 nitrogen and oxygen atoms in total. The van der Waals surface area contributed by atoms with Gasteiger partial charge in [-0.05, 0) is 60.7 Å². The van der Waals surface area contributed by atoms with E-state index in [0.717, 1.165) is 23.1 Å². The van der Waals surface area contributed by atoms with Crippen LogP contribution in [0.2, 0.25) is 0 Å². The van der Waals surface area contributed by atoms with Crippen LogP contribution in [0.25, 0.3) is 10.9 Å². The van der Waals surface area contributed by atoms with Crippen molar-refractivity contribution in [2.75, 3.05) is 27.8 Å². The molecule has 5 heteroatoms. The number of aromatic amines is 1. The van der Waals surface area contributed by atoms with Gasteiger partial charge in [0.2, 0.25) is 5.91 Å². The maximum Gasteiger partial charge on any atom is 0.223 e. The van der Waals surface area contributed by atoms with E-state index in [9.17, 15) is 4.79 Å². The molecule has 35 heavy (non-hydrogen) atoms. The number of methoxy groups -OCH3 is 2. The second-order valence-corrected chi connectivity index (χ2v) is 9.16. The Morgan fingerprint density at radius 2 is 1.71 bits per heavy atom. The molecule has 0 radical (unpaired) electrons. The number of fused-ring (bicyclic) bond motifs is 1. The fourth-order valence-corrected chi connectivity index (χ4v) is 4.77. The van der Waals surface area contributed by atoms with Crippen LogP contribution in [0.15, 0.2) is 66.9 Å². The number of aromatic nitrogens is 1. The summed E-state index contributed by atoms with van der Waals surface area (Å²) in [4.78, 5) is 18.7. The van der Waals surface area contributed by atoms with Crippen LogP contribution in [-0.4, -0.2) is 43.6 Å². The molecule has 0 saturated heterocycles. The lowest BCUT2D eigenvalue weighted by Gasteiger charge is -2.24. The van der Waals surface area contributed by atoms with Gasteiger partial charge in [0.25, 0.3) is 0 Å². The minimum Gasteiger partial charge on any atom is -0.493 e. The number of likely N-dealkylation sites (N-methyl/N-ethyl adjacent to an activating group) is 1. The highest BCUT2D eigenvalue weighted by Crippen LogP contribution is 2.36. The van der Waals surface area contributed by atoms with E-state index in [1.165, 1.54) is 22.1 Å². The maximum absolute atomic E-state index is 13.5. The molecule has 0 unspecified atom stereocenters. The summed E-state index contributed by atoms with van der Waals surface area (Å²) in [5.41, 5.74) is 6.98. The van der Waals surface area contributed by atoms with Gasteiger partial charge in [-0.3, -0.25) is 4.79 Å². The monoisotopic (exact) mass is 470 g/mol. The van der Waals surface area contributed by atoms with E-state index in [1.807, 2.05) is 36.2 Å². The average Bonchev–Trinajstić information content (AvgIpc) is 3.29. The van der Waals surface area contributed by atoms with Gasteiger partial charge >= 0.3 is 0 Å². The standard InChI is InChI=1S/C30H34N2O3/c1-20-10-12-23(21(2)16-20)25(26-19-31-27-9-7-6-8-24(26)27)18-30(33)32(3)15-14-22-11-13-28(34-4)29(17-22)35-5/h6-13,16-17,19,25,31H,14-15,18H2,1-5H3/t25-/m1/s1. The van der Waals surface area contributed by atoms with E-state index in [1.54, 1.807) is 14.2 Å². The summed E-state index contributed by atoms with van der Waals surface area (Å²) >= 11 is 0. The number of nitrogens with one attached hydrogen (secondary N) is 1. The van der Waals surface area contributed by atoms with Crippen molar-refractivity contribution in [2.45, 2.75) is 32.6 Å². The molecule has 0 aliphatic rings. The number of carbonyl (C=O) groups is 1. The largest absolute Gasteiger partial charge is 0.493 e. The Labute approximate surface area is 207 Å². The molecule has 1 heterocycles. The second-order valence-electron chi connectivity index (χ2n) is 9.16. The van der Waals surface area contributed by atoms with E-state index in [0.29, 0.717) is 24.5 Å². The van der Waals surface area contributed by atoms with Crippen molar-refractivity contribution in [2.24, 2.45) is 0 Å². The summed E-state index contributed by atoms with van der Waals surface area (Å²) in [5.74, 6) is 1.51. The number of nitrogens with zero attached hydrogens (tertiary/aromatic N) is 1. The van der Waals surface area contributed by atoms with Crippen molar-refractivity contribution in [1.82, 2.24) is 9.88 Å². The first-order valence-corrected chi connectivity index (χ1v) is 12.0. The Bertz CT molecular complexity index is 1320. The Morgan fingerprint density at radius 3 is 2.46 bits per heavy atom. The molecular formula is C30H34N2O3. The number of carbonyl (C=O) groups excluding carboxylic acids is 1. The van der Waals surface area contributed by atoms with Gasteiger partial charge in [0.1, 0.15) is 0 Å². The van der Waals surface area contributed by atoms with Gasteiger partial charge in [-0.15, -0.1) is 0 Å². The lowest BCUT2D eigenvalue weighted by Crippen LogP contribution is -2.30. The number of hydrogen-bond donors (Lipinski definition) is 1. The van der Waals surface area contributed by atoms with Crippen molar-refractivity contribution in [3.63, 3.8) is 0 Å². The molecule has 0 aliphatic heterocycles. The zero-order valence-electron chi connectivity index (χ0n) is 21.2. The molecule has 0 aliphatic carbocycles. The predicted molar refractivity (Wildman–Crippen MR) is 142 cm³/mol. The Kier molecular flexibility index (Phi) is 7.45. The van der Waals surface area contributed by atoms with Crippen LogP contribution >= 0.6 is 0 Å². The van der Waals surface area contributed by atoms with Crippen molar-refractivity contribution < 1.29 is 14.3 Å². The first-order valence-electron chi connectivity index (χ1n) is 12.0. The predicted octanol–water partition coefficient (Wildman–Crippen LogP) is 6.03. The van der Waals surface area contributed by atoms with Gasteiger partial charge in [0.05, 0.1) is 14.2 Å². The fraction of sp³-hybridized carbons (Fsp3) is 0.300. The van der Waals surface area contributed by atoms with Gasteiger partial charge in [0, 0.05) is 43.0 Å². The Hall–Kier alpha value is -3.73. The molecule has 0 fully saturated rings. The topological polar surface area (TPSA) is 54.6 Å². The molecular weight excluding hydrogens is 436 g/mol. The molecule has 1 N–H and O–H groups in total. The summed E-state index contributed by atoms with van der Waals surface area (Å²) in [6, 6.07) is 20.7. The van der Waals surface area contributed by atoms with E-state index < -0.39 is 0 Å². The van der Waals surface area contributed by atoms with Crippen LogP contribution in [0.1, 0.15) is 40.2 Å². The van der Waals surface area contributed by atoms with Crippen molar-refractivity contribution in [3.8, 4) is 11.5 Å². The summed E-state index contributed by atoms with van der Waals surface area (Å²) in [6.07, 6.45) is 3.21. The van der Waals surface area contributed by atoms with Crippen LogP contribution in [0.5, 0.6) is 11.5 Å². The van der Waals surface area contributed by atoms with Gasteiger partial charge in [0.15, 0.2) is 11.5 Å². The minimum absolute atomic E-state index is 0.0252. The summed E-state index contributed by atoms with van der Waals surface area (Å²) in [7, 11) is 5.15. The number of ether oxygens (including phenoxy) is 2. The van der Waals surface area contributed by atoms with Crippen molar-refractivity contribution >= 4 is 16.8 Å². The third-order valence-electron chi connectivity index (χ3n) is 6.79. The van der Waals surface area contributed by atoms with Crippen LogP contribution in [-0.2, 0) is 11.2 Å². The highest BCUT2D eigenvalue weighted by atomic mass is 16.5. The van der Waals surface area contributed by atoms with Crippen LogP contribution < -0.4 is 9.47 Å². The number of aryl methyl sites for hydroxylation is 2. The highest BCUT2D eigenvalue weighted by Gasteiger charge is 2.24. The van der Waals surface area contributed by atoms with Crippen LogP contribution in [0.3, 0.4) is 0 Å². The summed E-state index contributed by atoms with van der Waals surface area (Å²) < 4.78 is 10.8. The number of rotatable bonds is 9. The summed E-state index contributed by atoms with van der Waals surface area (Å²) in [5, 5.41) is 1.17. The van der Waals surface area contributed by atoms with Gasteiger partial charge in [-0.1, -0.05) is 48.0 Å². The number of hydrogen-bond acceptors (Lipinski definition) is 3. The van der Waals surface area contributed by atoms with E-state index in [2.05, 4.69) is 61.4 Å². The average molecular weight is 471 g/mol. The maximum atomic E-state index is 13.5. The quantitative estimate of drug-likeness (QED) is 0.325. The molecule has 0 saturated carbocycles. The van der Waals surface area contributed by atoms with Crippen molar-refractivity contribution in [1.29, 1.82) is 0 Å². The normalized spacial score (nSPS) is 11.9. The smallest absolute Gasteiger partial charge is 0.223 e. The Morgan fingerprint density at radius 1 is 0.943 bits per heavy atom. The lowest BCUT2D eigenvalue weighted by molar-refractivity contribution is -0.130. The number of benzene rings is 3. The molecule has 1 aromatic heterocycles. The van der Waals surface area contributed by atoms with E-state index in [4.69, 9.17) is 9.47 Å². The molecule has 4 aromatic rings. The van der Waals surface area contributed by atoms with Gasteiger partial charge in [-0.25, -0.2) is 0 Å². The zero-order chi connectivity index (χ0) is 24.9. The fourth-order valence-electron chi connectivity index (χ4n) is 4.77. The lowest BCUT2D eigenvalue weighted by atomic mass is 9.85. The third kappa shape index (κ3) is 5.35. The summed E-state index contributed by atoms with van der Waals surface area (Å²) in [6.45, 7) is 4.86. The highest BCUT2D eigenvalue weighted by molar-refractivity contribution is 5.86. The Balaban J connectivity index is 1.55. The van der Waals surface area contributed by atoms with E-state index in [-0.39, 0.29) is 11.8 Å². The zero-order valence-corrected chi connectivity index (χ0v) is 21.2. The first kappa shape index (κ1) is 24.4. The number of para-hydroxylation sites is 1. The number of H-pyrrole nitrogens is 1. The van der Waals surface area contributed by atoms with Gasteiger partial charge in [-0.2, -0.15) is 0 Å². The van der Waals surface area contributed by atoms with E-state index >= 15 is 0 Å². The van der Waals surface area contributed by atoms with Gasteiger partial charge < -0.3 is 19.4 Å². The molecule has 1 atom stereocenters. The van der Waals surface area contributed by atoms with Crippen LogP contribution in [0, 0.1) is 13.8 Å². The van der Waals surface area contributed by atoms with Crippen LogP contribution in [0.4, 0.5) is 0 Å². The molecule has 3 aromatic carbocycles. The third-order valence-corrected chi connectivity index (χ3v) is 6.79. The SMILES string of the molecule is COc1ccc(CCN(C)C(=O)C[C@H](c2ccc(C)cc2C)c2c[nH]c3ccccc23)cc1OC.